The first-order valence-electron chi connectivity index (χ1n) is 11.6. The Balaban J connectivity index is 1.37. The minimum absolute atomic E-state index is 0.256. The van der Waals surface area contributed by atoms with E-state index in [4.69, 9.17) is 9.47 Å². The van der Waals surface area contributed by atoms with E-state index in [2.05, 4.69) is 15.1 Å². The molecule has 0 saturated carbocycles. The molecular weight excluding hydrogens is 394 g/mol. The van der Waals surface area contributed by atoms with Gasteiger partial charge in [-0.05, 0) is 62.3 Å². The summed E-state index contributed by atoms with van der Waals surface area (Å²) in [4.78, 5) is 29.8. The summed E-state index contributed by atoms with van der Waals surface area (Å²) in [6.45, 7) is 8.54. The molecule has 3 fully saturated rings. The van der Waals surface area contributed by atoms with Crippen LogP contribution in [0.2, 0.25) is 0 Å². The van der Waals surface area contributed by atoms with Crippen molar-refractivity contribution in [3.8, 4) is 0 Å². The van der Waals surface area contributed by atoms with Crippen molar-refractivity contribution in [1.82, 2.24) is 4.90 Å². The Kier molecular flexibility index (Phi) is 6.70. The second kappa shape index (κ2) is 9.47. The number of likely N-dealkylation sites (tertiary alicyclic amines) is 1. The summed E-state index contributed by atoms with van der Waals surface area (Å²) in [6, 6.07) is 8.19. The molecule has 170 valence electrons. The van der Waals surface area contributed by atoms with E-state index >= 15 is 0 Å². The lowest BCUT2D eigenvalue weighted by atomic mass is 9.78. The van der Waals surface area contributed by atoms with Crippen LogP contribution in [0.1, 0.15) is 46.0 Å². The number of hydrogen-bond acceptors (Lipinski definition) is 5. The van der Waals surface area contributed by atoms with Crippen LogP contribution in [0, 0.1) is 11.3 Å². The number of nitrogens with zero attached hydrogens (tertiary/aromatic N) is 2. The Labute approximate surface area is 185 Å². The molecule has 2 amide bonds. The second-order valence-corrected chi connectivity index (χ2v) is 9.56. The number of ether oxygens (including phenoxy) is 2. The van der Waals surface area contributed by atoms with Crippen molar-refractivity contribution < 1.29 is 19.1 Å². The molecule has 1 atom stereocenters. The molecular formula is C24H35N3O4. The highest BCUT2D eigenvalue weighted by Crippen LogP contribution is 2.43. The summed E-state index contributed by atoms with van der Waals surface area (Å²) in [6.07, 6.45) is 4.43. The summed E-state index contributed by atoms with van der Waals surface area (Å²) >= 11 is 0. The zero-order chi connectivity index (χ0) is 21.8. The molecule has 1 aromatic carbocycles. The van der Waals surface area contributed by atoms with Crippen LogP contribution >= 0.6 is 0 Å². The highest BCUT2D eigenvalue weighted by atomic mass is 16.5. The Morgan fingerprint density at radius 2 is 1.94 bits per heavy atom. The van der Waals surface area contributed by atoms with E-state index in [1.165, 1.54) is 0 Å². The van der Waals surface area contributed by atoms with Crippen LogP contribution in [-0.2, 0) is 14.3 Å². The molecule has 0 radical (unpaired) electrons. The third kappa shape index (κ3) is 4.97. The first-order chi connectivity index (χ1) is 15.0. The number of amides is 2. The monoisotopic (exact) mass is 429 g/mol. The zero-order valence-electron chi connectivity index (χ0n) is 18.8. The first-order valence-corrected chi connectivity index (χ1v) is 11.6. The van der Waals surface area contributed by atoms with Crippen LogP contribution in [0.15, 0.2) is 24.3 Å². The topological polar surface area (TPSA) is 71.1 Å². The van der Waals surface area contributed by atoms with Crippen LogP contribution in [0.5, 0.6) is 0 Å². The van der Waals surface area contributed by atoms with Gasteiger partial charge in [0.15, 0.2) is 0 Å². The highest BCUT2D eigenvalue weighted by Gasteiger charge is 2.50. The first kappa shape index (κ1) is 21.9. The number of benzene rings is 1. The van der Waals surface area contributed by atoms with Gasteiger partial charge >= 0.3 is 6.09 Å². The van der Waals surface area contributed by atoms with Gasteiger partial charge in [-0.25, -0.2) is 4.79 Å². The van der Waals surface area contributed by atoms with Gasteiger partial charge in [-0.15, -0.1) is 0 Å². The van der Waals surface area contributed by atoms with Gasteiger partial charge in [0.1, 0.15) is 0 Å². The molecule has 3 heterocycles. The van der Waals surface area contributed by atoms with Gasteiger partial charge in [-0.2, -0.15) is 0 Å². The summed E-state index contributed by atoms with van der Waals surface area (Å²) in [5.41, 5.74) is 1.55. The molecule has 31 heavy (non-hydrogen) atoms. The number of anilines is 2. The third-order valence-electron chi connectivity index (χ3n) is 6.78. The Morgan fingerprint density at radius 3 is 2.65 bits per heavy atom. The van der Waals surface area contributed by atoms with Crippen LogP contribution in [-0.4, -0.2) is 62.4 Å². The smallest absolute Gasteiger partial charge is 0.411 e. The summed E-state index contributed by atoms with van der Waals surface area (Å²) < 4.78 is 10.7. The number of piperidine rings is 1. The lowest BCUT2D eigenvalue weighted by molar-refractivity contribution is -0.139. The van der Waals surface area contributed by atoms with Gasteiger partial charge < -0.3 is 19.3 Å². The SMILES string of the molecule is CC(C)COC(=O)Nc1ccc(N2CCC[C@@]3(CCN(C4CCOCC4)C3=O)C2)cc1. The van der Waals surface area contributed by atoms with Crippen molar-refractivity contribution in [3.05, 3.63) is 24.3 Å². The lowest BCUT2D eigenvalue weighted by Gasteiger charge is -2.41. The largest absolute Gasteiger partial charge is 0.449 e. The fourth-order valence-electron chi connectivity index (χ4n) is 5.08. The Bertz CT molecular complexity index is 776. The molecule has 3 saturated heterocycles. The lowest BCUT2D eigenvalue weighted by Crippen LogP contribution is -2.50. The summed E-state index contributed by atoms with van der Waals surface area (Å²) in [7, 11) is 0. The van der Waals surface area contributed by atoms with Crippen molar-refractivity contribution in [2.75, 3.05) is 49.7 Å². The van der Waals surface area contributed by atoms with Gasteiger partial charge in [0.25, 0.3) is 0 Å². The number of carbonyl (C=O) groups excluding carboxylic acids is 2. The van der Waals surface area contributed by atoms with Crippen molar-refractivity contribution in [1.29, 1.82) is 0 Å². The minimum Gasteiger partial charge on any atom is -0.449 e. The molecule has 1 N–H and O–H groups in total. The van der Waals surface area contributed by atoms with Gasteiger partial charge in [-0.3, -0.25) is 10.1 Å². The second-order valence-electron chi connectivity index (χ2n) is 9.56. The predicted molar refractivity (Wildman–Crippen MR) is 120 cm³/mol. The van der Waals surface area contributed by atoms with E-state index in [0.29, 0.717) is 30.2 Å². The molecule has 3 aliphatic rings. The third-order valence-corrected chi connectivity index (χ3v) is 6.78. The van der Waals surface area contributed by atoms with Gasteiger partial charge in [-0.1, -0.05) is 13.8 Å². The summed E-state index contributed by atoms with van der Waals surface area (Å²) in [5, 5.41) is 2.77. The normalized spacial score (nSPS) is 24.8. The molecule has 1 spiro atoms. The molecule has 7 heteroatoms. The van der Waals surface area contributed by atoms with Crippen molar-refractivity contribution in [2.45, 2.75) is 52.0 Å². The maximum atomic E-state index is 13.4. The average Bonchev–Trinajstić information content (AvgIpc) is 3.09. The summed E-state index contributed by atoms with van der Waals surface area (Å²) in [5.74, 6) is 0.649. The molecule has 3 aliphatic heterocycles. The van der Waals surface area contributed by atoms with Crippen molar-refractivity contribution in [3.63, 3.8) is 0 Å². The highest BCUT2D eigenvalue weighted by molar-refractivity contribution is 5.86. The van der Waals surface area contributed by atoms with Crippen LogP contribution in [0.4, 0.5) is 16.2 Å². The fourth-order valence-corrected chi connectivity index (χ4v) is 5.08. The quantitative estimate of drug-likeness (QED) is 0.769. The Hall–Kier alpha value is -2.28. The molecule has 7 nitrogen and oxygen atoms in total. The number of nitrogens with one attached hydrogen (secondary N) is 1. The van der Waals surface area contributed by atoms with Gasteiger partial charge in [0.05, 0.1) is 12.0 Å². The molecule has 0 unspecified atom stereocenters. The van der Waals surface area contributed by atoms with E-state index in [1.807, 2.05) is 38.1 Å². The standard InChI is InChI=1S/C24H35N3O4/c1-18(2)16-31-23(29)25-19-4-6-20(7-5-19)26-12-3-10-24(17-26)11-13-27(22(24)28)21-8-14-30-15-9-21/h4-7,18,21H,3,8-17H2,1-2H3,(H,25,29)/t24-/m1/s1. The van der Waals surface area contributed by atoms with Crippen molar-refractivity contribution in [2.24, 2.45) is 11.3 Å². The molecule has 1 aromatic rings. The van der Waals surface area contributed by atoms with E-state index in [1.54, 1.807) is 0 Å². The van der Waals surface area contributed by atoms with Crippen LogP contribution in [0.25, 0.3) is 0 Å². The van der Waals surface area contributed by atoms with Crippen LogP contribution in [0.3, 0.4) is 0 Å². The van der Waals surface area contributed by atoms with Crippen LogP contribution < -0.4 is 10.2 Å². The van der Waals surface area contributed by atoms with Gasteiger partial charge in [0.2, 0.25) is 5.91 Å². The van der Waals surface area contributed by atoms with E-state index in [9.17, 15) is 9.59 Å². The average molecular weight is 430 g/mol. The molecule has 0 aromatic heterocycles. The molecule has 0 aliphatic carbocycles. The minimum atomic E-state index is -0.428. The van der Waals surface area contributed by atoms with E-state index in [0.717, 1.165) is 70.6 Å². The number of hydrogen-bond donors (Lipinski definition) is 1. The van der Waals surface area contributed by atoms with E-state index in [-0.39, 0.29) is 5.41 Å². The van der Waals surface area contributed by atoms with Crippen molar-refractivity contribution >= 4 is 23.4 Å². The zero-order valence-corrected chi connectivity index (χ0v) is 18.8. The maximum absolute atomic E-state index is 13.4. The Morgan fingerprint density at radius 1 is 1.19 bits per heavy atom. The molecule has 4 rings (SSSR count). The van der Waals surface area contributed by atoms with Gasteiger partial charge in [0, 0.05) is 50.3 Å². The number of rotatable bonds is 5. The number of carbonyl (C=O) groups is 2. The van der Waals surface area contributed by atoms with E-state index < -0.39 is 6.09 Å². The molecule has 0 bridgehead atoms. The fraction of sp³-hybridized carbons (Fsp3) is 0.667. The maximum Gasteiger partial charge on any atom is 0.411 e. The predicted octanol–water partition coefficient (Wildman–Crippen LogP) is 3.89.